The quantitative estimate of drug-likeness (QED) is 0.465. The number of aromatic nitrogens is 1. The van der Waals surface area contributed by atoms with Gasteiger partial charge in [0.25, 0.3) is 0 Å². The van der Waals surface area contributed by atoms with Crippen LogP contribution in [-0.4, -0.2) is 27.5 Å². The predicted molar refractivity (Wildman–Crippen MR) is 84.5 cm³/mol. The number of nitro groups is 2. The number of nitrogens with zero attached hydrogens (tertiary/aromatic N) is 4. The first kappa shape index (κ1) is 20.2. The van der Waals surface area contributed by atoms with Gasteiger partial charge < -0.3 is 10.5 Å². The summed E-state index contributed by atoms with van der Waals surface area (Å²) in [5, 5.41) is 31.8. The van der Waals surface area contributed by atoms with E-state index in [1.807, 2.05) is 0 Å². The van der Waals surface area contributed by atoms with Crippen molar-refractivity contribution in [2.24, 2.45) is 0 Å². The lowest BCUT2D eigenvalue weighted by atomic mass is 10.1. The third-order valence-corrected chi connectivity index (χ3v) is 3.57. The van der Waals surface area contributed by atoms with E-state index >= 15 is 0 Å². The molecule has 0 saturated heterocycles. The Morgan fingerprint density at radius 3 is 2.11 bits per heavy atom. The zero-order chi connectivity index (χ0) is 21.4. The van der Waals surface area contributed by atoms with Crippen LogP contribution in [0, 0.1) is 31.6 Å². The zero-order valence-corrected chi connectivity index (χ0v) is 13.7. The Kier molecular flexibility index (Phi) is 4.95. The fourth-order valence-electron chi connectivity index (χ4n) is 2.38. The highest BCUT2D eigenvalue weighted by Gasteiger charge is 2.39. The van der Waals surface area contributed by atoms with Crippen molar-refractivity contribution in [2.75, 3.05) is 12.8 Å². The Morgan fingerprint density at radius 1 is 1.25 bits per heavy atom. The van der Waals surface area contributed by atoms with Crippen LogP contribution in [0.1, 0.15) is 21.6 Å². The van der Waals surface area contributed by atoms with Gasteiger partial charge in [-0.25, -0.2) is 4.79 Å². The topological polar surface area (TPSA) is 167 Å². The van der Waals surface area contributed by atoms with Crippen molar-refractivity contribution in [2.45, 2.75) is 6.18 Å². The molecule has 11 nitrogen and oxygen atoms in total. The number of ether oxygens (including phenoxy) is 1. The molecular formula is C14H8F3N5O6. The molecule has 2 rings (SSSR count). The van der Waals surface area contributed by atoms with E-state index in [9.17, 15) is 38.2 Å². The van der Waals surface area contributed by atoms with Gasteiger partial charge in [-0.1, -0.05) is 0 Å². The van der Waals surface area contributed by atoms with Crippen molar-refractivity contribution in [3.8, 4) is 11.8 Å². The van der Waals surface area contributed by atoms with Crippen LogP contribution in [0.5, 0.6) is 0 Å². The zero-order valence-electron chi connectivity index (χ0n) is 13.7. The lowest BCUT2D eigenvalue weighted by molar-refractivity contribution is -0.394. The number of carbonyl (C=O) groups is 1. The molecule has 1 aromatic carbocycles. The maximum absolute atomic E-state index is 13.0. The maximum atomic E-state index is 13.0. The fraction of sp³-hybridized carbons (Fsp3) is 0.143. The van der Waals surface area contributed by atoms with Gasteiger partial charge in [0, 0.05) is 18.3 Å². The van der Waals surface area contributed by atoms with Crippen LogP contribution in [0.3, 0.4) is 0 Å². The van der Waals surface area contributed by atoms with E-state index in [1.54, 1.807) is 6.07 Å². The van der Waals surface area contributed by atoms with Crippen LogP contribution in [0.2, 0.25) is 0 Å². The molecular weight excluding hydrogens is 391 g/mol. The first-order chi connectivity index (χ1) is 12.9. The van der Waals surface area contributed by atoms with Crippen LogP contribution in [0.4, 0.5) is 30.2 Å². The summed E-state index contributed by atoms with van der Waals surface area (Å²) in [6.07, 6.45) is -4.36. The molecule has 14 heteroatoms. The standard InChI is InChI=1S/C14H8F3N5O6/c1-28-13(23)12-10(19)6(4-18)5-20(12)11-8(21(24)25)2-7(14(15,16)17)3-9(11)22(26)27/h2-3,5H,19H2,1H3. The lowest BCUT2D eigenvalue weighted by Gasteiger charge is -2.12. The molecule has 0 aliphatic rings. The Balaban J connectivity index is 3.05. The number of nitrogens with two attached hydrogens (primary N) is 1. The molecule has 2 N–H and O–H groups in total. The largest absolute Gasteiger partial charge is 0.464 e. The minimum absolute atomic E-state index is 0.0750. The third kappa shape index (κ3) is 3.28. The van der Waals surface area contributed by atoms with E-state index in [0.29, 0.717) is 4.57 Å². The number of esters is 1. The molecule has 0 radical (unpaired) electrons. The molecule has 1 aromatic heterocycles. The molecule has 0 unspecified atom stereocenters. The van der Waals surface area contributed by atoms with Crippen LogP contribution in [0.15, 0.2) is 18.3 Å². The van der Waals surface area contributed by atoms with Crippen molar-refractivity contribution in [1.29, 1.82) is 5.26 Å². The molecule has 0 saturated carbocycles. The van der Waals surface area contributed by atoms with Crippen molar-refractivity contribution < 1.29 is 32.5 Å². The van der Waals surface area contributed by atoms with E-state index in [0.717, 1.165) is 13.3 Å². The highest BCUT2D eigenvalue weighted by atomic mass is 19.4. The molecule has 2 aromatic rings. The van der Waals surface area contributed by atoms with Crippen LogP contribution >= 0.6 is 0 Å². The Bertz CT molecular complexity index is 1020. The van der Waals surface area contributed by atoms with Gasteiger partial charge in [-0.2, -0.15) is 18.4 Å². The van der Waals surface area contributed by atoms with Gasteiger partial charge in [0.15, 0.2) is 5.69 Å². The minimum Gasteiger partial charge on any atom is -0.464 e. The molecule has 146 valence electrons. The average Bonchev–Trinajstić information content (AvgIpc) is 2.95. The summed E-state index contributed by atoms with van der Waals surface area (Å²) in [7, 11) is 0.904. The van der Waals surface area contributed by atoms with E-state index in [-0.39, 0.29) is 12.1 Å². The number of alkyl halides is 3. The van der Waals surface area contributed by atoms with E-state index in [4.69, 9.17) is 11.0 Å². The van der Waals surface area contributed by atoms with Gasteiger partial charge in [-0.3, -0.25) is 24.8 Å². The van der Waals surface area contributed by atoms with Gasteiger partial charge >= 0.3 is 23.5 Å². The van der Waals surface area contributed by atoms with Gasteiger partial charge in [-0.05, 0) is 0 Å². The summed E-state index contributed by atoms with van der Waals surface area (Å²) >= 11 is 0. The van der Waals surface area contributed by atoms with Crippen molar-refractivity contribution in [3.05, 3.63) is 55.4 Å². The van der Waals surface area contributed by atoms with Crippen molar-refractivity contribution in [3.63, 3.8) is 0 Å². The molecule has 0 aliphatic heterocycles. The second-order valence-electron chi connectivity index (χ2n) is 5.15. The van der Waals surface area contributed by atoms with Gasteiger partial charge in [-0.15, -0.1) is 0 Å². The summed E-state index contributed by atoms with van der Waals surface area (Å²) in [4.78, 5) is 32.1. The summed E-state index contributed by atoms with van der Waals surface area (Å²) in [5.74, 6) is -1.22. The van der Waals surface area contributed by atoms with E-state index < -0.39 is 61.6 Å². The first-order valence-corrected chi connectivity index (χ1v) is 6.97. The highest BCUT2D eigenvalue weighted by Crippen LogP contribution is 2.41. The number of halogens is 3. The summed E-state index contributed by atoms with van der Waals surface area (Å²) in [5.41, 5.74) is -1.28. The van der Waals surface area contributed by atoms with Gasteiger partial charge in [0.2, 0.25) is 5.69 Å². The second kappa shape index (κ2) is 6.87. The number of nitro benzene ring substituents is 2. The molecule has 0 atom stereocenters. The summed E-state index contributed by atoms with van der Waals surface area (Å²) < 4.78 is 44.0. The Morgan fingerprint density at radius 2 is 1.75 bits per heavy atom. The fourth-order valence-corrected chi connectivity index (χ4v) is 2.38. The Hall–Kier alpha value is -4.15. The second-order valence-corrected chi connectivity index (χ2v) is 5.15. The number of anilines is 1. The number of hydrogen-bond donors (Lipinski definition) is 1. The molecule has 0 bridgehead atoms. The normalized spacial score (nSPS) is 11.0. The maximum Gasteiger partial charge on any atom is 0.416 e. The van der Waals surface area contributed by atoms with Crippen molar-refractivity contribution >= 4 is 23.0 Å². The Labute approximate surface area is 152 Å². The summed E-state index contributed by atoms with van der Waals surface area (Å²) in [6.45, 7) is 0. The van der Waals surface area contributed by atoms with Gasteiger partial charge in [0.05, 0.1) is 33.8 Å². The molecule has 0 spiro atoms. The monoisotopic (exact) mass is 399 g/mol. The number of methoxy groups -OCH3 is 1. The molecule has 0 amide bonds. The van der Waals surface area contributed by atoms with Crippen LogP contribution < -0.4 is 5.73 Å². The van der Waals surface area contributed by atoms with Crippen molar-refractivity contribution in [1.82, 2.24) is 4.57 Å². The minimum atomic E-state index is -5.12. The molecule has 0 aliphatic carbocycles. The van der Waals surface area contributed by atoms with E-state index in [1.165, 1.54) is 0 Å². The number of rotatable bonds is 4. The predicted octanol–water partition coefficient (Wildman–Crippen LogP) is 2.55. The molecule has 1 heterocycles. The van der Waals surface area contributed by atoms with Crippen LogP contribution in [-0.2, 0) is 10.9 Å². The number of hydrogen-bond acceptors (Lipinski definition) is 8. The molecule has 0 fully saturated rings. The SMILES string of the molecule is COC(=O)c1c(N)c(C#N)cn1-c1c([N+](=O)[O-])cc(C(F)(F)F)cc1[N+](=O)[O-]. The number of benzene rings is 1. The first-order valence-electron chi connectivity index (χ1n) is 6.97. The number of nitriles is 1. The van der Waals surface area contributed by atoms with E-state index in [2.05, 4.69) is 4.74 Å². The molecule has 28 heavy (non-hydrogen) atoms. The average molecular weight is 399 g/mol. The lowest BCUT2D eigenvalue weighted by Crippen LogP contribution is -2.15. The smallest absolute Gasteiger partial charge is 0.416 e. The van der Waals surface area contributed by atoms with Crippen LogP contribution in [0.25, 0.3) is 5.69 Å². The van der Waals surface area contributed by atoms with Gasteiger partial charge in [0.1, 0.15) is 6.07 Å². The number of carbonyl (C=O) groups excluding carboxylic acids is 1. The third-order valence-electron chi connectivity index (χ3n) is 3.57. The summed E-state index contributed by atoms with van der Waals surface area (Å²) in [6, 6.07) is 1.71. The number of nitrogen functional groups attached to an aromatic ring is 1. The highest BCUT2D eigenvalue weighted by molar-refractivity contribution is 5.96.